The van der Waals surface area contributed by atoms with Gasteiger partial charge in [-0.1, -0.05) is 12.1 Å². The first-order chi connectivity index (χ1) is 10.5. The van der Waals surface area contributed by atoms with E-state index in [2.05, 4.69) is 5.32 Å². The van der Waals surface area contributed by atoms with Gasteiger partial charge in [-0.15, -0.1) is 0 Å². The summed E-state index contributed by atoms with van der Waals surface area (Å²) in [5.74, 6) is 0.116. The lowest BCUT2D eigenvalue weighted by Gasteiger charge is -2.24. The first kappa shape index (κ1) is 18.0. The molecule has 0 unspecified atom stereocenters. The van der Waals surface area contributed by atoms with E-state index in [1.807, 2.05) is 19.9 Å². The van der Waals surface area contributed by atoms with Crippen molar-refractivity contribution in [2.24, 2.45) is 0 Å². The van der Waals surface area contributed by atoms with Gasteiger partial charge in [-0.25, -0.2) is 0 Å². The van der Waals surface area contributed by atoms with Crippen LogP contribution in [0.4, 0.5) is 5.69 Å². The van der Waals surface area contributed by atoms with Crippen molar-refractivity contribution in [1.29, 1.82) is 0 Å². The zero-order valence-corrected chi connectivity index (χ0v) is 13.6. The van der Waals surface area contributed by atoms with Gasteiger partial charge in [-0.3, -0.25) is 14.5 Å². The van der Waals surface area contributed by atoms with Gasteiger partial charge in [-0.05, 0) is 26.0 Å². The lowest BCUT2D eigenvalue weighted by Crippen LogP contribution is -2.41. The monoisotopic (exact) mass is 308 g/mol. The quantitative estimate of drug-likeness (QED) is 0.741. The van der Waals surface area contributed by atoms with Crippen LogP contribution in [-0.4, -0.2) is 44.7 Å². The van der Waals surface area contributed by atoms with Crippen LogP contribution in [0.5, 0.6) is 5.75 Å². The number of nitrogens with one attached hydrogen (secondary N) is 1. The molecule has 0 radical (unpaired) electrons. The lowest BCUT2D eigenvalue weighted by molar-refractivity contribution is -0.123. The second kappa shape index (κ2) is 9.04. The average Bonchev–Trinajstić information content (AvgIpc) is 2.45. The summed E-state index contributed by atoms with van der Waals surface area (Å²) in [7, 11) is 1.56. The van der Waals surface area contributed by atoms with E-state index in [0.29, 0.717) is 24.6 Å². The molecule has 6 nitrogen and oxygen atoms in total. The molecule has 0 saturated carbocycles. The Kier molecular flexibility index (Phi) is 7.39. The summed E-state index contributed by atoms with van der Waals surface area (Å²) in [5, 5.41) is 2.70. The molecule has 0 spiro atoms. The first-order valence-electron chi connectivity index (χ1n) is 7.25. The Labute approximate surface area is 131 Å². The van der Waals surface area contributed by atoms with Gasteiger partial charge in [0, 0.05) is 20.6 Å². The second-order valence-electron chi connectivity index (χ2n) is 5.08. The third-order valence-corrected chi connectivity index (χ3v) is 2.83. The molecule has 0 saturated heterocycles. The Balaban J connectivity index is 2.87. The molecule has 0 aliphatic heterocycles. The molecule has 22 heavy (non-hydrogen) atoms. The topological polar surface area (TPSA) is 67.9 Å². The van der Waals surface area contributed by atoms with Gasteiger partial charge in [-0.2, -0.15) is 0 Å². The number of rotatable bonds is 8. The Morgan fingerprint density at radius 3 is 2.55 bits per heavy atom. The largest absolute Gasteiger partial charge is 0.489 e. The zero-order valence-electron chi connectivity index (χ0n) is 13.6. The van der Waals surface area contributed by atoms with Crippen molar-refractivity contribution in [2.75, 3.05) is 31.7 Å². The maximum Gasteiger partial charge on any atom is 0.240 e. The number of nitrogens with zero attached hydrogens (tertiary/aromatic N) is 1. The summed E-state index contributed by atoms with van der Waals surface area (Å²) in [6.07, 6.45) is -0.0227. The Bertz CT molecular complexity index is 503. The molecule has 0 aliphatic rings. The summed E-state index contributed by atoms with van der Waals surface area (Å²) in [6.45, 7) is 6.02. The van der Waals surface area contributed by atoms with E-state index >= 15 is 0 Å². The molecule has 1 N–H and O–H groups in total. The number of para-hydroxylation sites is 2. The number of amides is 2. The van der Waals surface area contributed by atoms with Crippen LogP contribution in [0, 0.1) is 0 Å². The molecular formula is C16H24N2O4. The van der Waals surface area contributed by atoms with E-state index < -0.39 is 0 Å². The number of methoxy groups -OCH3 is 1. The molecule has 0 heterocycles. The molecule has 0 aliphatic carbocycles. The fraction of sp³-hybridized carbons (Fsp3) is 0.500. The summed E-state index contributed by atoms with van der Waals surface area (Å²) in [4.78, 5) is 25.3. The van der Waals surface area contributed by atoms with Crippen LogP contribution in [0.2, 0.25) is 0 Å². The highest BCUT2D eigenvalue weighted by Gasteiger charge is 2.19. The third kappa shape index (κ3) is 5.73. The molecule has 0 atom stereocenters. The van der Waals surface area contributed by atoms with Crippen LogP contribution in [0.3, 0.4) is 0 Å². The fourth-order valence-corrected chi connectivity index (χ4v) is 1.89. The molecule has 122 valence electrons. The number of hydrogen-bond acceptors (Lipinski definition) is 4. The maximum atomic E-state index is 11.9. The van der Waals surface area contributed by atoms with E-state index in [4.69, 9.17) is 9.47 Å². The fourth-order valence-electron chi connectivity index (χ4n) is 1.89. The molecule has 2 amide bonds. The molecule has 0 fully saturated rings. The number of anilines is 1. The van der Waals surface area contributed by atoms with E-state index in [1.54, 1.807) is 25.3 Å². The van der Waals surface area contributed by atoms with Gasteiger partial charge in [0.1, 0.15) is 12.3 Å². The molecule has 0 aromatic heterocycles. The number of ether oxygens (including phenoxy) is 2. The van der Waals surface area contributed by atoms with Gasteiger partial charge in [0.2, 0.25) is 11.8 Å². The smallest absolute Gasteiger partial charge is 0.240 e. The molecule has 1 aromatic rings. The van der Waals surface area contributed by atoms with Crippen molar-refractivity contribution >= 4 is 17.5 Å². The number of hydrogen-bond donors (Lipinski definition) is 1. The highest BCUT2D eigenvalue weighted by atomic mass is 16.5. The van der Waals surface area contributed by atoms with Gasteiger partial charge in [0.25, 0.3) is 0 Å². The zero-order chi connectivity index (χ0) is 16.5. The normalized spacial score (nSPS) is 10.4. The molecule has 1 aromatic carbocycles. The standard InChI is InChI=1S/C16H24N2O4/c1-12(2)22-15-8-6-5-7-14(15)18(13(3)19)11-16(20)17-9-10-21-4/h5-8,12H,9-11H2,1-4H3,(H,17,20). The summed E-state index contributed by atoms with van der Waals surface area (Å²) < 4.78 is 10.6. The predicted molar refractivity (Wildman–Crippen MR) is 85.1 cm³/mol. The van der Waals surface area contributed by atoms with E-state index in [-0.39, 0.29) is 24.5 Å². The minimum Gasteiger partial charge on any atom is -0.489 e. The average molecular weight is 308 g/mol. The maximum absolute atomic E-state index is 11.9. The minimum atomic E-state index is -0.244. The SMILES string of the molecule is COCCNC(=O)CN(C(C)=O)c1ccccc1OC(C)C. The van der Waals surface area contributed by atoms with Gasteiger partial charge < -0.3 is 14.8 Å². The Morgan fingerprint density at radius 1 is 1.27 bits per heavy atom. The second-order valence-corrected chi connectivity index (χ2v) is 5.08. The predicted octanol–water partition coefficient (Wildman–Crippen LogP) is 1.59. The first-order valence-corrected chi connectivity index (χ1v) is 7.25. The van der Waals surface area contributed by atoms with E-state index in [1.165, 1.54) is 11.8 Å². The Morgan fingerprint density at radius 2 is 1.95 bits per heavy atom. The van der Waals surface area contributed by atoms with Gasteiger partial charge >= 0.3 is 0 Å². The molecule has 1 rings (SSSR count). The summed E-state index contributed by atoms with van der Waals surface area (Å²) in [6, 6.07) is 7.19. The van der Waals surface area contributed by atoms with Crippen molar-refractivity contribution in [3.8, 4) is 5.75 Å². The number of carbonyl (C=O) groups excluding carboxylic acids is 2. The third-order valence-electron chi connectivity index (χ3n) is 2.83. The highest BCUT2D eigenvalue weighted by molar-refractivity contribution is 5.98. The molecule has 6 heteroatoms. The van der Waals surface area contributed by atoms with Crippen LogP contribution in [-0.2, 0) is 14.3 Å². The lowest BCUT2D eigenvalue weighted by atomic mass is 10.2. The number of carbonyl (C=O) groups is 2. The van der Waals surface area contributed by atoms with E-state index in [9.17, 15) is 9.59 Å². The van der Waals surface area contributed by atoms with Gasteiger partial charge in [0.15, 0.2) is 0 Å². The van der Waals surface area contributed by atoms with Gasteiger partial charge in [0.05, 0.1) is 18.4 Å². The minimum absolute atomic E-state index is 0.0227. The van der Waals surface area contributed by atoms with E-state index in [0.717, 1.165) is 0 Å². The van der Waals surface area contributed by atoms with Crippen LogP contribution < -0.4 is 15.0 Å². The van der Waals surface area contributed by atoms with Crippen LogP contribution in [0.15, 0.2) is 24.3 Å². The van der Waals surface area contributed by atoms with Crippen LogP contribution in [0.1, 0.15) is 20.8 Å². The van der Waals surface area contributed by atoms with Crippen molar-refractivity contribution in [1.82, 2.24) is 5.32 Å². The molecular weight excluding hydrogens is 284 g/mol. The van der Waals surface area contributed by atoms with Crippen molar-refractivity contribution < 1.29 is 19.1 Å². The molecule has 0 bridgehead atoms. The van der Waals surface area contributed by atoms with Crippen LogP contribution in [0.25, 0.3) is 0 Å². The van der Waals surface area contributed by atoms with Crippen molar-refractivity contribution in [3.63, 3.8) is 0 Å². The number of benzene rings is 1. The van der Waals surface area contributed by atoms with Crippen molar-refractivity contribution in [3.05, 3.63) is 24.3 Å². The van der Waals surface area contributed by atoms with Crippen LogP contribution >= 0.6 is 0 Å². The summed E-state index contributed by atoms with van der Waals surface area (Å²) >= 11 is 0. The highest BCUT2D eigenvalue weighted by Crippen LogP contribution is 2.28. The van der Waals surface area contributed by atoms with Crippen molar-refractivity contribution in [2.45, 2.75) is 26.9 Å². The Hall–Kier alpha value is -2.08. The summed E-state index contributed by atoms with van der Waals surface area (Å²) in [5.41, 5.74) is 0.589.